The first kappa shape index (κ1) is 19.3. The van der Waals surface area contributed by atoms with E-state index in [4.69, 9.17) is 0 Å². The highest BCUT2D eigenvalue weighted by Gasteiger charge is 2.05. The predicted molar refractivity (Wildman–Crippen MR) is 62.2 cm³/mol. The second kappa shape index (κ2) is 15.2. The largest absolute Gasteiger partial charge is 0.468 e. The van der Waals surface area contributed by atoms with Crippen molar-refractivity contribution in [3.05, 3.63) is 0 Å². The number of rotatable bonds is 8. The number of hydrogen-bond acceptors (Lipinski definition) is 3. The van der Waals surface area contributed by atoms with Gasteiger partial charge in [-0.2, -0.15) is 0 Å². The summed E-state index contributed by atoms with van der Waals surface area (Å²) in [7, 11) is 0. The van der Waals surface area contributed by atoms with Gasteiger partial charge in [0.1, 0.15) is 0 Å². The van der Waals surface area contributed by atoms with E-state index in [2.05, 4.69) is 18.6 Å². The topological polar surface area (TPSA) is 61.3 Å². The SMILES string of the molecule is CCCC(CCC)CCOC=O.Cl.N. The van der Waals surface area contributed by atoms with Crippen molar-refractivity contribution < 1.29 is 9.53 Å². The molecule has 0 aliphatic carbocycles. The zero-order chi connectivity index (χ0) is 9.23. The summed E-state index contributed by atoms with van der Waals surface area (Å²) in [6.07, 6.45) is 6.00. The fourth-order valence-electron chi connectivity index (χ4n) is 1.53. The van der Waals surface area contributed by atoms with Gasteiger partial charge in [0.15, 0.2) is 0 Å². The molecule has 0 radical (unpaired) electrons. The first-order valence-electron chi connectivity index (χ1n) is 4.90. The van der Waals surface area contributed by atoms with Crippen LogP contribution in [0.15, 0.2) is 0 Å². The number of halogens is 1. The zero-order valence-corrected chi connectivity index (χ0v) is 10.1. The summed E-state index contributed by atoms with van der Waals surface area (Å²) < 4.78 is 4.68. The number of carbonyl (C=O) groups excluding carboxylic acids is 1. The van der Waals surface area contributed by atoms with Crippen LogP contribution in [0.5, 0.6) is 0 Å². The van der Waals surface area contributed by atoms with E-state index in [1.807, 2.05) is 0 Å². The van der Waals surface area contributed by atoms with Crippen molar-refractivity contribution >= 4 is 18.9 Å². The molecule has 0 aromatic rings. The molecule has 14 heavy (non-hydrogen) atoms. The molecule has 88 valence electrons. The van der Waals surface area contributed by atoms with Gasteiger partial charge in [-0.1, -0.05) is 39.5 Å². The lowest BCUT2D eigenvalue weighted by Crippen LogP contribution is -2.04. The Morgan fingerprint density at radius 1 is 1.14 bits per heavy atom. The van der Waals surface area contributed by atoms with Crippen LogP contribution in [0.3, 0.4) is 0 Å². The molecule has 0 amide bonds. The molecule has 0 aromatic carbocycles. The van der Waals surface area contributed by atoms with Gasteiger partial charge in [0.2, 0.25) is 0 Å². The molecule has 0 heterocycles. The normalized spacial score (nSPS) is 8.79. The van der Waals surface area contributed by atoms with Crippen molar-refractivity contribution in [2.75, 3.05) is 6.61 Å². The minimum absolute atomic E-state index is 0. The smallest absolute Gasteiger partial charge is 0.293 e. The highest BCUT2D eigenvalue weighted by atomic mass is 35.5. The molecule has 0 aromatic heterocycles. The van der Waals surface area contributed by atoms with Gasteiger partial charge >= 0.3 is 0 Å². The van der Waals surface area contributed by atoms with Crippen LogP contribution in [0.4, 0.5) is 0 Å². The van der Waals surface area contributed by atoms with Crippen molar-refractivity contribution in [1.82, 2.24) is 6.15 Å². The van der Waals surface area contributed by atoms with Gasteiger partial charge in [0.25, 0.3) is 6.47 Å². The van der Waals surface area contributed by atoms with Gasteiger partial charge in [-0.05, 0) is 12.3 Å². The van der Waals surface area contributed by atoms with Crippen LogP contribution in [0.2, 0.25) is 0 Å². The van der Waals surface area contributed by atoms with Crippen LogP contribution in [-0.4, -0.2) is 13.1 Å². The second-order valence-corrected chi connectivity index (χ2v) is 3.20. The molecule has 0 unspecified atom stereocenters. The van der Waals surface area contributed by atoms with E-state index in [9.17, 15) is 4.79 Å². The minimum atomic E-state index is 0. The Kier molecular flexibility index (Phi) is 21.0. The first-order chi connectivity index (χ1) is 5.85. The standard InChI is InChI=1S/C10H20O2.ClH.H3N/c1-3-5-10(6-4-2)7-8-12-9-11;;/h9-10H,3-8H2,1-2H3;1H;1H3. The Balaban J connectivity index is -0.000000605. The Morgan fingerprint density at radius 3 is 2.00 bits per heavy atom. The number of carbonyl (C=O) groups is 1. The van der Waals surface area contributed by atoms with Gasteiger partial charge < -0.3 is 10.9 Å². The Morgan fingerprint density at radius 2 is 1.64 bits per heavy atom. The minimum Gasteiger partial charge on any atom is -0.468 e. The quantitative estimate of drug-likeness (QED) is 0.509. The summed E-state index contributed by atoms with van der Waals surface area (Å²) in [6, 6.07) is 0. The predicted octanol–water partition coefficient (Wildman–Crippen LogP) is 3.35. The molecule has 0 bridgehead atoms. The van der Waals surface area contributed by atoms with E-state index in [-0.39, 0.29) is 18.6 Å². The number of ether oxygens (including phenoxy) is 1. The maximum absolute atomic E-state index is 9.88. The van der Waals surface area contributed by atoms with E-state index in [1.54, 1.807) is 0 Å². The fourth-order valence-corrected chi connectivity index (χ4v) is 1.53. The lowest BCUT2D eigenvalue weighted by Gasteiger charge is -2.13. The molecular formula is C10H24ClNO2. The first-order valence-corrected chi connectivity index (χ1v) is 4.90. The van der Waals surface area contributed by atoms with Crippen molar-refractivity contribution in [2.24, 2.45) is 5.92 Å². The highest BCUT2D eigenvalue weighted by Crippen LogP contribution is 2.16. The molecule has 0 fully saturated rings. The molecule has 0 rings (SSSR count). The highest BCUT2D eigenvalue weighted by molar-refractivity contribution is 5.85. The molecule has 0 saturated carbocycles. The summed E-state index contributed by atoms with van der Waals surface area (Å²) >= 11 is 0. The fraction of sp³-hybridized carbons (Fsp3) is 0.900. The Bertz CT molecular complexity index is 106. The second-order valence-electron chi connectivity index (χ2n) is 3.20. The van der Waals surface area contributed by atoms with Gasteiger partial charge in [0, 0.05) is 0 Å². The summed E-state index contributed by atoms with van der Waals surface area (Å²) in [5.74, 6) is 0.750. The Labute approximate surface area is 93.6 Å². The van der Waals surface area contributed by atoms with Crippen LogP contribution in [0, 0.1) is 5.92 Å². The molecule has 0 spiro atoms. The lowest BCUT2D eigenvalue weighted by molar-refractivity contribution is -0.129. The summed E-state index contributed by atoms with van der Waals surface area (Å²) in [5.41, 5.74) is 0. The monoisotopic (exact) mass is 225 g/mol. The van der Waals surface area contributed by atoms with Crippen molar-refractivity contribution in [3.8, 4) is 0 Å². The van der Waals surface area contributed by atoms with Gasteiger partial charge in [-0.15, -0.1) is 12.4 Å². The van der Waals surface area contributed by atoms with Gasteiger partial charge in [0.05, 0.1) is 6.61 Å². The molecule has 0 aliphatic heterocycles. The average molecular weight is 226 g/mol. The van der Waals surface area contributed by atoms with Gasteiger partial charge in [-0.25, -0.2) is 0 Å². The van der Waals surface area contributed by atoms with E-state index in [0.717, 1.165) is 12.3 Å². The van der Waals surface area contributed by atoms with E-state index in [1.165, 1.54) is 25.7 Å². The summed E-state index contributed by atoms with van der Waals surface area (Å²) in [6.45, 7) is 5.52. The van der Waals surface area contributed by atoms with E-state index in [0.29, 0.717) is 13.1 Å². The zero-order valence-electron chi connectivity index (χ0n) is 9.33. The van der Waals surface area contributed by atoms with Crippen LogP contribution in [0.1, 0.15) is 46.0 Å². The van der Waals surface area contributed by atoms with Gasteiger partial charge in [-0.3, -0.25) is 4.79 Å². The van der Waals surface area contributed by atoms with Crippen molar-refractivity contribution in [2.45, 2.75) is 46.0 Å². The van der Waals surface area contributed by atoms with E-state index < -0.39 is 0 Å². The molecule has 3 nitrogen and oxygen atoms in total. The number of hydrogen-bond donors (Lipinski definition) is 1. The molecule has 0 aliphatic rings. The molecule has 0 atom stereocenters. The molecule has 3 N–H and O–H groups in total. The van der Waals surface area contributed by atoms with Crippen molar-refractivity contribution in [3.63, 3.8) is 0 Å². The third-order valence-corrected chi connectivity index (χ3v) is 2.11. The maximum atomic E-state index is 9.88. The third-order valence-electron chi connectivity index (χ3n) is 2.11. The Hall–Kier alpha value is -0.280. The van der Waals surface area contributed by atoms with Crippen LogP contribution < -0.4 is 6.15 Å². The molecule has 4 heteroatoms. The van der Waals surface area contributed by atoms with Crippen molar-refractivity contribution in [1.29, 1.82) is 0 Å². The van der Waals surface area contributed by atoms with E-state index >= 15 is 0 Å². The van der Waals surface area contributed by atoms with Crippen LogP contribution in [0.25, 0.3) is 0 Å². The molecule has 0 saturated heterocycles. The third kappa shape index (κ3) is 11.7. The van der Waals surface area contributed by atoms with Crippen LogP contribution in [-0.2, 0) is 9.53 Å². The summed E-state index contributed by atoms with van der Waals surface area (Å²) in [4.78, 5) is 9.88. The van der Waals surface area contributed by atoms with Crippen LogP contribution >= 0.6 is 12.4 Å². The maximum Gasteiger partial charge on any atom is 0.293 e. The average Bonchev–Trinajstić information content (AvgIpc) is 2.06. The summed E-state index contributed by atoms with van der Waals surface area (Å²) in [5, 5.41) is 0. The lowest BCUT2D eigenvalue weighted by atomic mass is 9.95. The molecular weight excluding hydrogens is 202 g/mol.